The van der Waals surface area contributed by atoms with Crippen molar-refractivity contribution in [1.29, 1.82) is 0 Å². The molecule has 1 aromatic rings. The van der Waals surface area contributed by atoms with E-state index in [2.05, 4.69) is 16.1 Å². The van der Waals surface area contributed by atoms with E-state index < -0.39 is 28.9 Å². The third kappa shape index (κ3) is 2.27. The Kier molecular flexibility index (Phi) is 3.54. The van der Waals surface area contributed by atoms with E-state index >= 15 is 0 Å². The molecule has 21 heavy (non-hydrogen) atoms. The van der Waals surface area contributed by atoms with E-state index in [-0.39, 0.29) is 12.2 Å². The fraction of sp³-hybridized carbons (Fsp3) is 0.333. The van der Waals surface area contributed by atoms with Gasteiger partial charge in [-0.25, -0.2) is 19.1 Å². The molecule has 2 rings (SSSR count). The SMILES string of the molecule is C#CCn1c(=O)c(C2C=NN(C)C(=O)C2=O)nn(C)c1=O. The predicted octanol–water partition coefficient (Wildman–Crippen LogP) is -2.31. The zero-order valence-electron chi connectivity index (χ0n) is 11.3. The minimum absolute atomic E-state index is 0.257. The highest BCUT2D eigenvalue weighted by molar-refractivity contribution is 6.42. The van der Waals surface area contributed by atoms with E-state index in [1.165, 1.54) is 14.1 Å². The lowest BCUT2D eigenvalue weighted by Crippen LogP contribution is -2.46. The predicted molar refractivity (Wildman–Crippen MR) is 71.6 cm³/mol. The van der Waals surface area contributed by atoms with Crippen LogP contribution in [0.25, 0.3) is 0 Å². The number of rotatable bonds is 2. The lowest BCUT2D eigenvalue weighted by atomic mass is 10.00. The lowest BCUT2D eigenvalue weighted by Gasteiger charge is -2.19. The number of hydrazone groups is 1. The molecule has 0 fully saturated rings. The zero-order chi connectivity index (χ0) is 15.7. The summed E-state index contributed by atoms with van der Waals surface area (Å²) in [6, 6.07) is 0. The van der Waals surface area contributed by atoms with Crippen LogP contribution < -0.4 is 11.2 Å². The van der Waals surface area contributed by atoms with Crippen molar-refractivity contribution in [3.8, 4) is 12.3 Å². The standard InChI is InChI=1S/C12H11N5O4/c1-4-5-17-10(19)8(14-16(3)12(17)21)7-6-13-15(2)11(20)9(7)18/h1,6-7H,5H2,2-3H3. The van der Waals surface area contributed by atoms with Gasteiger partial charge in [-0.2, -0.15) is 10.2 Å². The number of carbonyl (C=O) groups excluding carboxylic acids is 2. The smallest absolute Gasteiger partial charge is 0.287 e. The molecule has 1 aliphatic rings. The number of aromatic nitrogens is 3. The number of aryl methyl sites for hydroxylation is 1. The van der Waals surface area contributed by atoms with Crippen LogP contribution in [0.3, 0.4) is 0 Å². The Balaban J connectivity index is 2.66. The van der Waals surface area contributed by atoms with Crippen LogP contribution in [0, 0.1) is 12.3 Å². The van der Waals surface area contributed by atoms with Crippen LogP contribution in [0.1, 0.15) is 11.6 Å². The third-order valence-corrected chi connectivity index (χ3v) is 2.95. The van der Waals surface area contributed by atoms with Gasteiger partial charge in [-0.3, -0.25) is 14.4 Å². The molecule has 1 atom stereocenters. The largest absolute Gasteiger partial charge is 0.348 e. The molecule has 0 saturated carbocycles. The average Bonchev–Trinajstić information content (AvgIpc) is 2.46. The highest BCUT2D eigenvalue weighted by Gasteiger charge is 2.35. The molecule has 1 unspecified atom stereocenters. The van der Waals surface area contributed by atoms with Gasteiger partial charge >= 0.3 is 11.6 Å². The number of ketones is 1. The van der Waals surface area contributed by atoms with E-state index in [0.717, 1.165) is 20.5 Å². The molecule has 0 radical (unpaired) electrons. The van der Waals surface area contributed by atoms with Gasteiger partial charge in [0.1, 0.15) is 11.6 Å². The topological polar surface area (TPSA) is 107 Å². The molecular weight excluding hydrogens is 278 g/mol. The second-order valence-electron chi connectivity index (χ2n) is 4.32. The Morgan fingerprint density at radius 3 is 2.57 bits per heavy atom. The molecule has 108 valence electrons. The fourth-order valence-electron chi connectivity index (χ4n) is 1.85. The van der Waals surface area contributed by atoms with Crippen molar-refractivity contribution in [2.24, 2.45) is 12.1 Å². The summed E-state index contributed by atoms with van der Waals surface area (Å²) in [5.74, 6) is -0.751. The molecular formula is C12H11N5O4. The molecule has 1 aliphatic heterocycles. The molecule has 2 heterocycles. The fourth-order valence-corrected chi connectivity index (χ4v) is 1.85. The van der Waals surface area contributed by atoms with Gasteiger partial charge in [0.05, 0.1) is 6.54 Å². The summed E-state index contributed by atoms with van der Waals surface area (Å²) >= 11 is 0. The van der Waals surface area contributed by atoms with Crippen molar-refractivity contribution in [2.75, 3.05) is 7.05 Å². The minimum Gasteiger partial charge on any atom is -0.287 e. The van der Waals surface area contributed by atoms with Gasteiger partial charge < -0.3 is 0 Å². The van der Waals surface area contributed by atoms with Crippen LogP contribution in [0.2, 0.25) is 0 Å². The maximum absolute atomic E-state index is 12.2. The molecule has 0 N–H and O–H groups in total. The van der Waals surface area contributed by atoms with E-state index in [1.54, 1.807) is 0 Å². The highest BCUT2D eigenvalue weighted by atomic mass is 16.2. The van der Waals surface area contributed by atoms with Crippen LogP contribution in [-0.4, -0.2) is 44.3 Å². The van der Waals surface area contributed by atoms with Crippen molar-refractivity contribution in [2.45, 2.75) is 12.5 Å². The first kappa shape index (κ1) is 14.4. The molecule has 0 spiro atoms. The Hall–Kier alpha value is -3.02. The number of carbonyl (C=O) groups is 2. The number of likely N-dealkylation sites (N-methyl/N-ethyl adjacent to an activating group) is 1. The Bertz CT molecular complexity index is 810. The Labute approximate surface area is 118 Å². The second-order valence-corrected chi connectivity index (χ2v) is 4.32. The van der Waals surface area contributed by atoms with Crippen LogP contribution in [0.5, 0.6) is 0 Å². The maximum Gasteiger partial charge on any atom is 0.348 e. The van der Waals surface area contributed by atoms with Gasteiger partial charge in [-0.05, 0) is 0 Å². The molecule has 9 heteroatoms. The molecule has 0 bridgehead atoms. The molecule has 9 nitrogen and oxygen atoms in total. The minimum atomic E-state index is -1.22. The summed E-state index contributed by atoms with van der Waals surface area (Å²) in [4.78, 5) is 47.6. The summed E-state index contributed by atoms with van der Waals surface area (Å²) in [6.07, 6.45) is 6.25. The van der Waals surface area contributed by atoms with Crippen molar-refractivity contribution in [3.63, 3.8) is 0 Å². The van der Waals surface area contributed by atoms with E-state index in [9.17, 15) is 19.2 Å². The Morgan fingerprint density at radius 2 is 1.95 bits per heavy atom. The lowest BCUT2D eigenvalue weighted by molar-refractivity contribution is -0.144. The first-order valence-corrected chi connectivity index (χ1v) is 5.86. The van der Waals surface area contributed by atoms with E-state index in [0.29, 0.717) is 0 Å². The average molecular weight is 289 g/mol. The van der Waals surface area contributed by atoms with Crippen LogP contribution >= 0.6 is 0 Å². The summed E-state index contributed by atoms with van der Waals surface area (Å²) in [5.41, 5.74) is -1.77. The normalized spacial score (nSPS) is 18.0. The second kappa shape index (κ2) is 5.16. The molecule has 1 amide bonds. The van der Waals surface area contributed by atoms with Gasteiger partial charge in [0.2, 0.25) is 5.78 Å². The molecule has 0 aliphatic carbocycles. The van der Waals surface area contributed by atoms with E-state index in [4.69, 9.17) is 6.42 Å². The Morgan fingerprint density at radius 1 is 1.29 bits per heavy atom. The number of terminal acetylenes is 1. The number of amides is 1. The van der Waals surface area contributed by atoms with E-state index in [1.807, 2.05) is 0 Å². The molecule has 1 aromatic heterocycles. The van der Waals surface area contributed by atoms with Crippen LogP contribution in [0.15, 0.2) is 14.7 Å². The van der Waals surface area contributed by atoms with Gasteiger partial charge in [-0.15, -0.1) is 6.42 Å². The van der Waals surface area contributed by atoms with Crippen molar-refractivity contribution >= 4 is 17.9 Å². The molecule has 0 aromatic carbocycles. The number of Topliss-reactive ketones (excluding diaryl/α,β-unsaturated/α-hetero) is 1. The summed E-state index contributed by atoms with van der Waals surface area (Å²) in [5, 5.41) is 8.34. The highest BCUT2D eigenvalue weighted by Crippen LogP contribution is 2.13. The number of hydrogen-bond donors (Lipinski definition) is 0. The maximum atomic E-state index is 12.2. The first-order chi connectivity index (χ1) is 9.88. The van der Waals surface area contributed by atoms with Crippen LogP contribution in [0.4, 0.5) is 0 Å². The third-order valence-electron chi connectivity index (χ3n) is 2.95. The molecule has 0 saturated heterocycles. The summed E-state index contributed by atoms with van der Waals surface area (Å²) in [7, 11) is 2.63. The van der Waals surface area contributed by atoms with Gasteiger partial charge in [0.25, 0.3) is 5.56 Å². The quantitative estimate of drug-likeness (QED) is 0.449. The van der Waals surface area contributed by atoms with Gasteiger partial charge in [0.15, 0.2) is 0 Å². The van der Waals surface area contributed by atoms with Crippen molar-refractivity contribution in [1.82, 2.24) is 19.4 Å². The first-order valence-electron chi connectivity index (χ1n) is 5.86. The number of hydrogen-bond acceptors (Lipinski definition) is 6. The number of nitrogens with zero attached hydrogens (tertiary/aromatic N) is 5. The van der Waals surface area contributed by atoms with Crippen molar-refractivity contribution < 1.29 is 9.59 Å². The monoisotopic (exact) mass is 289 g/mol. The van der Waals surface area contributed by atoms with Crippen molar-refractivity contribution in [3.05, 3.63) is 26.5 Å². The summed E-state index contributed by atoms with van der Waals surface area (Å²) < 4.78 is 1.66. The van der Waals surface area contributed by atoms with Gasteiger partial charge in [-0.1, -0.05) is 5.92 Å². The van der Waals surface area contributed by atoms with Gasteiger partial charge in [0, 0.05) is 20.3 Å². The zero-order valence-corrected chi connectivity index (χ0v) is 11.3. The van der Waals surface area contributed by atoms with Crippen LogP contribution in [-0.2, 0) is 23.2 Å². The summed E-state index contributed by atoms with van der Waals surface area (Å²) in [6.45, 7) is -0.257.